The van der Waals surface area contributed by atoms with Gasteiger partial charge in [-0.25, -0.2) is 22.3 Å². The fraction of sp³-hybridized carbons (Fsp3) is 0.455. The summed E-state index contributed by atoms with van der Waals surface area (Å²) in [7, 11) is -4.16. The van der Waals surface area contributed by atoms with Gasteiger partial charge in [0.05, 0.1) is 11.0 Å². The fourth-order valence-corrected chi connectivity index (χ4v) is 2.33. The second-order valence-electron chi connectivity index (χ2n) is 4.21. The van der Waals surface area contributed by atoms with Gasteiger partial charge in [-0.1, -0.05) is 0 Å². The molecule has 0 radical (unpaired) electrons. The van der Waals surface area contributed by atoms with E-state index in [4.69, 9.17) is 14.6 Å². The maximum Gasteiger partial charge on any atom is 0.238 e. The van der Waals surface area contributed by atoms with Crippen molar-refractivity contribution in [1.29, 1.82) is 0 Å². The number of sulfonamides is 1. The molecule has 8 heteroatoms. The highest BCUT2D eigenvalue weighted by Crippen LogP contribution is 2.26. The van der Waals surface area contributed by atoms with Crippen molar-refractivity contribution >= 4 is 10.0 Å². The van der Waals surface area contributed by atoms with Crippen LogP contribution in [0.1, 0.15) is 12.8 Å². The van der Waals surface area contributed by atoms with Crippen LogP contribution in [0, 0.1) is 11.6 Å². The molecule has 1 aliphatic rings. The SMILES string of the molecule is NS(=O)(=O)c1cc(F)c(OCC2CCCO2)c(F)c1. The molecule has 0 saturated carbocycles. The summed E-state index contributed by atoms with van der Waals surface area (Å²) in [6.07, 6.45) is 1.44. The Bertz CT molecular complexity index is 547. The van der Waals surface area contributed by atoms with E-state index in [9.17, 15) is 17.2 Å². The number of benzene rings is 1. The maximum atomic E-state index is 13.6. The topological polar surface area (TPSA) is 78.6 Å². The predicted molar refractivity (Wildman–Crippen MR) is 62.2 cm³/mol. The lowest BCUT2D eigenvalue weighted by molar-refractivity contribution is 0.0650. The largest absolute Gasteiger partial charge is 0.485 e. The summed E-state index contributed by atoms with van der Waals surface area (Å²) in [4.78, 5) is -0.632. The molecule has 5 nitrogen and oxygen atoms in total. The molecule has 2 N–H and O–H groups in total. The molecular weight excluding hydrogens is 280 g/mol. The summed E-state index contributed by atoms with van der Waals surface area (Å²) < 4.78 is 59.4. The van der Waals surface area contributed by atoms with Crippen LogP contribution >= 0.6 is 0 Å². The van der Waals surface area contributed by atoms with E-state index in [2.05, 4.69) is 0 Å². The van der Waals surface area contributed by atoms with E-state index < -0.39 is 32.3 Å². The molecule has 0 aliphatic carbocycles. The molecule has 0 amide bonds. The van der Waals surface area contributed by atoms with Gasteiger partial charge >= 0.3 is 0 Å². The summed E-state index contributed by atoms with van der Waals surface area (Å²) in [5.74, 6) is -2.84. The molecule has 1 unspecified atom stereocenters. The third kappa shape index (κ3) is 3.40. The average molecular weight is 293 g/mol. The monoisotopic (exact) mass is 293 g/mol. The van der Waals surface area contributed by atoms with Crippen molar-refractivity contribution in [3.8, 4) is 5.75 Å². The van der Waals surface area contributed by atoms with Gasteiger partial charge in [-0.2, -0.15) is 0 Å². The van der Waals surface area contributed by atoms with Crippen LogP contribution in [0.4, 0.5) is 8.78 Å². The summed E-state index contributed by atoms with van der Waals surface area (Å²) in [5.41, 5.74) is 0. The zero-order valence-electron chi connectivity index (χ0n) is 9.93. The van der Waals surface area contributed by atoms with Crippen molar-refractivity contribution in [2.24, 2.45) is 5.14 Å². The lowest BCUT2D eigenvalue weighted by Crippen LogP contribution is -2.18. The lowest BCUT2D eigenvalue weighted by Gasteiger charge is -2.13. The number of hydrogen-bond donors (Lipinski definition) is 1. The normalized spacial score (nSPS) is 19.6. The summed E-state index contributed by atoms with van der Waals surface area (Å²) in [5, 5.41) is 4.80. The molecule has 1 aliphatic heterocycles. The smallest absolute Gasteiger partial charge is 0.238 e. The Labute approximate surface area is 109 Å². The van der Waals surface area contributed by atoms with Gasteiger partial charge in [0.15, 0.2) is 17.4 Å². The second kappa shape index (κ2) is 5.40. The average Bonchev–Trinajstić information content (AvgIpc) is 2.79. The minimum Gasteiger partial charge on any atom is -0.485 e. The Morgan fingerprint density at radius 2 is 2.00 bits per heavy atom. The van der Waals surface area contributed by atoms with Crippen LogP contribution in [0.5, 0.6) is 5.75 Å². The molecule has 106 valence electrons. The maximum absolute atomic E-state index is 13.6. The van der Waals surface area contributed by atoms with Gasteiger partial charge in [0.1, 0.15) is 6.61 Å². The summed E-state index contributed by atoms with van der Waals surface area (Å²) in [6.45, 7) is 0.617. The van der Waals surface area contributed by atoms with E-state index in [-0.39, 0.29) is 12.7 Å². The third-order valence-corrected chi connectivity index (χ3v) is 3.63. The number of nitrogens with two attached hydrogens (primary N) is 1. The molecule has 0 bridgehead atoms. The van der Waals surface area contributed by atoms with Crippen LogP contribution in [0.25, 0.3) is 0 Å². The van der Waals surface area contributed by atoms with Crippen LogP contribution in [0.2, 0.25) is 0 Å². The first-order valence-electron chi connectivity index (χ1n) is 5.64. The van der Waals surface area contributed by atoms with Crippen LogP contribution in [0.3, 0.4) is 0 Å². The highest BCUT2D eigenvalue weighted by atomic mass is 32.2. The Morgan fingerprint density at radius 3 is 2.47 bits per heavy atom. The van der Waals surface area contributed by atoms with Crippen LogP contribution in [-0.4, -0.2) is 27.7 Å². The van der Waals surface area contributed by atoms with Gasteiger partial charge in [0.2, 0.25) is 10.0 Å². The molecule has 1 aromatic rings. The first-order valence-corrected chi connectivity index (χ1v) is 7.19. The van der Waals surface area contributed by atoms with E-state index in [1.807, 2.05) is 0 Å². The Balaban J connectivity index is 2.17. The van der Waals surface area contributed by atoms with E-state index in [1.54, 1.807) is 0 Å². The zero-order valence-corrected chi connectivity index (χ0v) is 10.8. The second-order valence-corrected chi connectivity index (χ2v) is 5.77. The minimum atomic E-state index is -4.16. The van der Waals surface area contributed by atoms with Gasteiger partial charge in [-0.15, -0.1) is 0 Å². The number of hydrogen-bond acceptors (Lipinski definition) is 4. The third-order valence-electron chi connectivity index (χ3n) is 2.74. The van der Waals surface area contributed by atoms with Crippen molar-refractivity contribution in [3.05, 3.63) is 23.8 Å². The first-order chi connectivity index (χ1) is 8.88. The molecule has 1 atom stereocenters. The van der Waals surface area contributed by atoms with E-state index >= 15 is 0 Å². The van der Waals surface area contributed by atoms with E-state index in [0.717, 1.165) is 12.8 Å². The van der Waals surface area contributed by atoms with Gasteiger partial charge in [0, 0.05) is 6.61 Å². The first kappa shape index (κ1) is 14.2. The summed E-state index contributed by atoms with van der Waals surface area (Å²) >= 11 is 0. The quantitative estimate of drug-likeness (QED) is 0.904. The molecule has 1 aromatic carbocycles. The standard InChI is InChI=1S/C11H13F2NO4S/c12-9-4-8(19(14,15)16)5-10(13)11(9)18-6-7-2-1-3-17-7/h4-5,7H,1-3,6H2,(H2,14,15,16). The number of primary sulfonamides is 1. The predicted octanol–water partition coefficient (Wildman–Crippen LogP) is 1.17. The lowest BCUT2D eigenvalue weighted by atomic mass is 10.2. The summed E-state index contributed by atoms with van der Waals surface area (Å²) in [6, 6.07) is 1.26. The zero-order chi connectivity index (χ0) is 14.0. The molecule has 1 saturated heterocycles. The Kier molecular flexibility index (Phi) is 4.02. The number of halogens is 2. The van der Waals surface area contributed by atoms with Crippen molar-refractivity contribution in [3.63, 3.8) is 0 Å². The Morgan fingerprint density at radius 1 is 1.37 bits per heavy atom. The highest BCUT2D eigenvalue weighted by molar-refractivity contribution is 7.89. The van der Waals surface area contributed by atoms with Crippen molar-refractivity contribution in [1.82, 2.24) is 0 Å². The number of ether oxygens (including phenoxy) is 2. The van der Waals surface area contributed by atoms with Crippen LogP contribution in [0.15, 0.2) is 17.0 Å². The molecule has 0 spiro atoms. The molecule has 0 aromatic heterocycles. The Hall–Kier alpha value is -1.25. The molecular formula is C11H13F2NO4S. The minimum absolute atomic E-state index is 0.0164. The fourth-order valence-electron chi connectivity index (χ4n) is 1.79. The van der Waals surface area contributed by atoms with Crippen LogP contribution < -0.4 is 9.88 Å². The van der Waals surface area contributed by atoms with Crippen molar-refractivity contribution in [2.45, 2.75) is 23.8 Å². The van der Waals surface area contributed by atoms with Gasteiger partial charge in [-0.3, -0.25) is 0 Å². The highest BCUT2D eigenvalue weighted by Gasteiger charge is 2.21. The molecule has 2 rings (SSSR count). The molecule has 19 heavy (non-hydrogen) atoms. The van der Waals surface area contributed by atoms with E-state index in [0.29, 0.717) is 18.7 Å². The van der Waals surface area contributed by atoms with Crippen molar-refractivity contribution < 1.29 is 26.7 Å². The van der Waals surface area contributed by atoms with Crippen molar-refractivity contribution in [2.75, 3.05) is 13.2 Å². The van der Waals surface area contributed by atoms with Gasteiger partial charge in [0.25, 0.3) is 0 Å². The van der Waals surface area contributed by atoms with Gasteiger partial charge < -0.3 is 9.47 Å². The molecule has 1 heterocycles. The number of rotatable bonds is 4. The van der Waals surface area contributed by atoms with E-state index in [1.165, 1.54) is 0 Å². The van der Waals surface area contributed by atoms with Gasteiger partial charge in [-0.05, 0) is 25.0 Å². The molecule has 1 fully saturated rings. The van der Waals surface area contributed by atoms with Crippen LogP contribution in [-0.2, 0) is 14.8 Å².